The minimum Gasteiger partial charge on any atom is -0.482 e. The third kappa shape index (κ3) is 5.85. The molecule has 2 rings (SSSR count). The second-order valence-corrected chi connectivity index (χ2v) is 4.38. The number of hydrogen-bond acceptors (Lipinski definition) is 3. The summed E-state index contributed by atoms with van der Waals surface area (Å²) in [5.41, 5.74) is 2.15. The molecule has 0 fully saturated rings. The average molecular weight is 308 g/mol. The van der Waals surface area contributed by atoms with Crippen molar-refractivity contribution < 1.29 is 14.6 Å². The summed E-state index contributed by atoms with van der Waals surface area (Å²) in [7, 11) is 0. The van der Waals surface area contributed by atoms with Crippen molar-refractivity contribution in [2.24, 2.45) is 0 Å². The number of carbonyl (C=O) groups is 1. The van der Waals surface area contributed by atoms with Crippen LogP contribution in [0.25, 0.3) is 0 Å². The molecule has 2 aromatic rings. The van der Waals surface area contributed by atoms with E-state index in [0.717, 1.165) is 12.1 Å². The molecule has 21 heavy (non-hydrogen) atoms. The van der Waals surface area contributed by atoms with E-state index in [1.807, 2.05) is 36.4 Å². The highest BCUT2D eigenvalue weighted by molar-refractivity contribution is 5.85. The van der Waals surface area contributed by atoms with Crippen LogP contribution >= 0.6 is 12.4 Å². The molecule has 0 atom stereocenters. The zero-order valence-corrected chi connectivity index (χ0v) is 12.3. The average Bonchev–Trinajstić information content (AvgIpc) is 2.47. The molecule has 4 nitrogen and oxygen atoms in total. The van der Waals surface area contributed by atoms with Crippen molar-refractivity contribution in [3.63, 3.8) is 0 Å². The summed E-state index contributed by atoms with van der Waals surface area (Å²) >= 11 is 0. The van der Waals surface area contributed by atoms with E-state index in [2.05, 4.69) is 17.4 Å². The molecule has 0 radical (unpaired) electrons. The smallest absolute Gasteiger partial charge is 0.341 e. The second-order valence-electron chi connectivity index (χ2n) is 4.38. The first-order valence-electron chi connectivity index (χ1n) is 6.43. The number of benzene rings is 2. The molecular weight excluding hydrogens is 290 g/mol. The molecule has 0 spiro atoms. The number of carboxylic acids is 1. The Balaban J connectivity index is 0.00000220. The fourth-order valence-electron chi connectivity index (χ4n) is 1.87. The van der Waals surface area contributed by atoms with Crippen LogP contribution in [-0.2, 0) is 17.9 Å². The van der Waals surface area contributed by atoms with Crippen molar-refractivity contribution in [1.29, 1.82) is 0 Å². The lowest BCUT2D eigenvalue weighted by molar-refractivity contribution is -0.139. The monoisotopic (exact) mass is 307 g/mol. The first-order valence-corrected chi connectivity index (χ1v) is 6.43. The second kappa shape index (κ2) is 9.00. The van der Waals surface area contributed by atoms with Gasteiger partial charge in [-0.15, -0.1) is 12.4 Å². The molecule has 0 aromatic heterocycles. The highest BCUT2D eigenvalue weighted by Gasteiger charge is 2.05. The molecule has 0 heterocycles. The topological polar surface area (TPSA) is 58.6 Å². The maximum atomic E-state index is 10.5. The van der Waals surface area contributed by atoms with Crippen LogP contribution in [0.2, 0.25) is 0 Å². The van der Waals surface area contributed by atoms with E-state index in [1.165, 1.54) is 5.56 Å². The number of rotatable bonds is 7. The van der Waals surface area contributed by atoms with E-state index in [9.17, 15) is 4.79 Å². The molecular formula is C16H18ClNO3. The van der Waals surface area contributed by atoms with Gasteiger partial charge in [-0.2, -0.15) is 0 Å². The number of hydrogen-bond donors (Lipinski definition) is 2. The van der Waals surface area contributed by atoms with Gasteiger partial charge in [0.25, 0.3) is 0 Å². The minimum absolute atomic E-state index is 0. The van der Waals surface area contributed by atoms with Crippen molar-refractivity contribution in [2.75, 3.05) is 6.61 Å². The number of carboxylic acid groups (broad SMARTS) is 1. The molecule has 0 aliphatic heterocycles. The number of ether oxygens (including phenoxy) is 1. The van der Waals surface area contributed by atoms with Crippen LogP contribution in [0.1, 0.15) is 11.1 Å². The molecule has 112 valence electrons. The molecule has 5 heteroatoms. The van der Waals surface area contributed by atoms with Crippen LogP contribution in [-0.4, -0.2) is 17.7 Å². The molecule has 0 bridgehead atoms. The lowest BCUT2D eigenvalue weighted by atomic mass is 10.2. The number of aliphatic carboxylic acids is 1. The van der Waals surface area contributed by atoms with Crippen molar-refractivity contribution in [3.8, 4) is 5.75 Å². The van der Waals surface area contributed by atoms with Crippen LogP contribution in [0.15, 0.2) is 54.6 Å². The molecule has 0 saturated heterocycles. The van der Waals surface area contributed by atoms with Gasteiger partial charge in [0, 0.05) is 18.7 Å². The molecule has 0 aliphatic carbocycles. The normalized spacial score (nSPS) is 9.71. The Morgan fingerprint density at radius 2 is 1.67 bits per heavy atom. The molecule has 0 unspecified atom stereocenters. The third-order valence-corrected chi connectivity index (χ3v) is 2.81. The Morgan fingerprint density at radius 3 is 2.38 bits per heavy atom. The summed E-state index contributed by atoms with van der Waals surface area (Å²) in [4.78, 5) is 10.5. The van der Waals surface area contributed by atoms with Crippen LogP contribution in [0, 0.1) is 0 Å². The highest BCUT2D eigenvalue weighted by Crippen LogP contribution is 2.17. The maximum absolute atomic E-state index is 10.5. The van der Waals surface area contributed by atoms with Gasteiger partial charge < -0.3 is 15.2 Å². The molecule has 2 N–H and O–H groups in total. The lowest BCUT2D eigenvalue weighted by Gasteiger charge is -2.11. The predicted octanol–water partition coefficient (Wildman–Crippen LogP) is 2.86. The van der Waals surface area contributed by atoms with E-state index in [0.29, 0.717) is 12.3 Å². The fourth-order valence-corrected chi connectivity index (χ4v) is 1.87. The van der Waals surface area contributed by atoms with Gasteiger partial charge in [0.2, 0.25) is 0 Å². The van der Waals surface area contributed by atoms with E-state index in [4.69, 9.17) is 9.84 Å². The minimum atomic E-state index is -0.975. The standard InChI is InChI=1S/C16H17NO3.ClH/c18-16(19)12-20-15-9-5-4-8-14(15)11-17-10-13-6-2-1-3-7-13;/h1-9,17H,10-12H2,(H,18,19);1H. The molecule has 0 saturated carbocycles. The Hall–Kier alpha value is -2.04. The Morgan fingerprint density at radius 1 is 1.00 bits per heavy atom. The predicted molar refractivity (Wildman–Crippen MR) is 83.8 cm³/mol. The summed E-state index contributed by atoms with van der Waals surface area (Å²) in [5.74, 6) is -0.368. The van der Waals surface area contributed by atoms with Gasteiger partial charge >= 0.3 is 5.97 Å². The number of halogens is 1. The van der Waals surface area contributed by atoms with Crippen LogP contribution in [0.4, 0.5) is 0 Å². The summed E-state index contributed by atoms with van der Waals surface area (Å²) in [6, 6.07) is 17.5. The zero-order chi connectivity index (χ0) is 14.2. The van der Waals surface area contributed by atoms with Crippen LogP contribution in [0.5, 0.6) is 5.75 Å². The largest absolute Gasteiger partial charge is 0.482 e. The fraction of sp³-hybridized carbons (Fsp3) is 0.188. The molecule has 0 aliphatic rings. The first-order chi connectivity index (χ1) is 9.75. The first kappa shape index (κ1) is 17.0. The number of nitrogens with one attached hydrogen (secondary N) is 1. The van der Waals surface area contributed by atoms with Gasteiger partial charge in [-0.3, -0.25) is 0 Å². The van der Waals surface area contributed by atoms with Crippen molar-refractivity contribution >= 4 is 18.4 Å². The Bertz CT molecular complexity index is 560. The van der Waals surface area contributed by atoms with E-state index < -0.39 is 5.97 Å². The Kier molecular flexibility index (Phi) is 7.29. The van der Waals surface area contributed by atoms with E-state index in [1.54, 1.807) is 6.07 Å². The molecule has 0 amide bonds. The van der Waals surface area contributed by atoms with Crippen molar-refractivity contribution in [1.82, 2.24) is 5.32 Å². The van der Waals surface area contributed by atoms with Gasteiger partial charge in [0.1, 0.15) is 5.75 Å². The van der Waals surface area contributed by atoms with Gasteiger partial charge in [-0.25, -0.2) is 4.79 Å². The zero-order valence-electron chi connectivity index (χ0n) is 11.5. The maximum Gasteiger partial charge on any atom is 0.341 e. The SMILES string of the molecule is Cl.O=C(O)COc1ccccc1CNCc1ccccc1. The van der Waals surface area contributed by atoms with Crippen LogP contribution < -0.4 is 10.1 Å². The Labute approximate surface area is 130 Å². The quantitative estimate of drug-likeness (QED) is 0.826. The summed E-state index contributed by atoms with van der Waals surface area (Å²) in [6.45, 7) is 1.06. The summed E-state index contributed by atoms with van der Waals surface area (Å²) in [6.07, 6.45) is 0. The van der Waals surface area contributed by atoms with Gasteiger partial charge in [0.05, 0.1) is 0 Å². The van der Waals surface area contributed by atoms with Crippen molar-refractivity contribution in [3.05, 3.63) is 65.7 Å². The summed E-state index contributed by atoms with van der Waals surface area (Å²) < 4.78 is 5.26. The third-order valence-electron chi connectivity index (χ3n) is 2.81. The van der Waals surface area contributed by atoms with E-state index in [-0.39, 0.29) is 19.0 Å². The van der Waals surface area contributed by atoms with Crippen LogP contribution in [0.3, 0.4) is 0 Å². The van der Waals surface area contributed by atoms with Crippen molar-refractivity contribution in [2.45, 2.75) is 13.1 Å². The van der Waals surface area contributed by atoms with Gasteiger partial charge in [-0.05, 0) is 11.6 Å². The van der Waals surface area contributed by atoms with E-state index >= 15 is 0 Å². The lowest BCUT2D eigenvalue weighted by Crippen LogP contribution is -2.15. The number of para-hydroxylation sites is 1. The highest BCUT2D eigenvalue weighted by atomic mass is 35.5. The molecule has 2 aromatic carbocycles. The van der Waals surface area contributed by atoms with Gasteiger partial charge in [0.15, 0.2) is 6.61 Å². The summed E-state index contributed by atoms with van der Waals surface area (Å²) in [5, 5.41) is 12.0. The van der Waals surface area contributed by atoms with Gasteiger partial charge in [-0.1, -0.05) is 48.5 Å².